The smallest absolute Gasteiger partial charge is 0.0483 e. The molecule has 0 heterocycles. The summed E-state index contributed by atoms with van der Waals surface area (Å²) in [6.07, 6.45) is -0.167. The van der Waals surface area contributed by atoms with Crippen molar-refractivity contribution in [1.82, 2.24) is 5.01 Å². The molecule has 0 saturated heterocycles. The number of hydrazine groups is 1. The summed E-state index contributed by atoms with van der Waals surface area (Å²) in [5.74, 6) is 5.31. The lowest BCUT2D eigenvalue weighted by atomic mass is 10.5. The van der Waals surface area contributed by atoms with E-state index in [2.05, 4.69) is 0 Å². The molecule has 0 aromatic rings. The van der Waals surface area contributed by atoms with E-state index in [4.69, 9.17) is 10.9 Å². The van der Waals surface area contributed by atoms with Gasteiger partial charge in [0.25, 0.3) is 0 Å². The van der Waals surface area contributed by atoms with E-state index in [0.29, 0.717) is 0 Å². The van der Waals surface area contributed by atoms with Crippen molar-refractivity contribution >= 4 is 0 Å². The second-order valence-corrected chi connectivity index (χ2v) is 2.31. The highest BCUT2D eigenvalue weighted by Gasteiger charge is 1.82. The van der Waals surface area contributed by atoms with E-state index in [1.54, 1.807) is 18.9 Å². The van der Waals surface area contributed by atoms with Crippen LogP contribution in [0.1, 0.15) is 27.7 Å². The van der Waals surface area contributed by atoms with Crippen LogP contribution >= 0.6 is 0 Å². The van der Waals surface area contributed by atoms with Crippen molar-refractivity contribution in [3.05, 3.63) is 0 Å². The van der Waals surface area contributed by atoms with Crippen LogP contribution in [-0.4, -0.2) is 29.3 Å². The van der Waals surface area contributed by atoms with Crippen molar-refractivity contribution in [3.63, 3.8) is 0 Å². The molecule has 0 radical (unpaired) electrons. The van der Waals surface area contributed by atoms with Gasteiger partial charge >= 0.3 is 0 Å². The summed E-state index contributed by atoms with van der Waals surface area (Å²) >= 11 is 0. The molecule has 0 saturated carbocycles. The first kappa shape index (κ1) is 12.5. The summed E-state index contributed by atoms with van der Waals surface area (Å²) in [7, 11) is 0. The van der Waals surface area contributed by atoms with Gasteiger partial charge in [0, 0.05) is 19.2 Å². The Morgan fingerprint density at radius 1 is 1.30 bits per heavy atom. The lowest BCUT2D eigenvalue weighted by Crippen LogP contribution is -2.29. The van der Waals surface area contributed by atoms with Crippen molar-refractivity contribution in [2.45, 2.75) is 33.8 Å². The van der Waals surface area contributed by atoms with Crippen LogP contribution in [0.4, 0.5) is 0 Å². The Bertz CT molecular complexity index is 50.8. The molecule has 64 valence electrons. The largest absolute Gasteiger partial charge is 0.394 e. The predicted molar refractivity (Wildman–Crippen MR) is 44.5 cm³/mol. The SMILES string of the molecule is CC(C)O.CCN(N)CC. The Morgan fingerprint density at radius 2 is 1.50 bits per heavy atom. The van der Waals surface area contributed by atoms with Gasteiger partial charge in [0.05, 0.1) is 0 Å². The van der Waals surface area contributed by atoms with Crippen molar-refractivity contribution in [2.24, 2.45) is 5.84 Å². The zero-order chi connectivity index (χ0) is 8.57. The molecule has 0 aromatic heterocycles. The second-order valence-electron chi connectivity index (χ2n) is 2.31. The average Bonchev–Trinajstić information content (AvgIpc) is 1.85. The van der Waals surface area contributed by atoms with Crippen molar-refractivity contribution in [3.8, 4) is 0 Å². The second kappa shape index (κ2) is 8.88. The molecule has 0 bridgehead atoms. The third-order valence-electron chi connectivity index (χ3n) is 0.812. The normalized spacial score (nSPS) is 9.60. The summed E-state index contributed by atoms with van der Waals surface area (Å²) in [6.45, 7) is 9.39. The van der Waals surface area contributed by atoms with E-state index in [1.807, 2.05) is 13.8 Å². The van der Waals surface area contributed by atoms with E-state index in [0.717, 1.165) is 13.1 Å². The first-order chi connectivity index (χ1) is 4.54. The van der Waals surface area contributed by atoms with Gasteiger partial charge in [0.1, 0.15) is 0 Å². The molecule has 0 aliphatic rings. The highest BCUT2D eigenvalue weighted by atomic mass is 16.3. The van der Waals surface area contributed by atoms with E-state index in [1.165, 1.54) is 0 Å². The molecule has 0 aliphatic carbocycles. The fourth-order valence-electron chi connectivity index (χ4n) is 0.224. The van der Waals surface area contributed by atoms with Crippen LogP contribution < -0.4 is 5.84 Å². The predicted octanol–water partition coefficient (Wildman–Crippen LogP) is 0.589. The maximum Gasteiger partial charge on any atom is 0.0483 e. The molecule has 0 rings (SSSR count). The number of hydrogen-bond acceptors (Lipinski definition) is 3. The molecule has 3 heteroatoms. The number of rotatable bonds is 2. The van der Waals surface area contributed by atoms with Crippen molar-refractivity contribution in [1.29, 1.82) is 0 Å². The van der Waals surface area contributed by atoms with Gasteiger partial charge in [0.15, 0.2) is 0 Å². The molecule has 0 unspecified atom stereocenters. The minimum atomic E-state index is -0.167. The molecule has 0 spiro atoms. The molecular weight excluding hydrogens is 128 g/mol. The van der Waals surface area contributed by atoms with E-state index >= 15 is 0 Å². The zero-order valence-electron chi connectivity index (χ0n) is 7.46. The van der Waals surface area contributed by atoms with Crippen LogP contribution in [0.15, 0.2) is 0 Å². The maximum atomic E-state index is 8.06. The molecule has 0 amide bonds. The van der Waals surface area contributed by atoms with Gasteiger partial charge in [-0.15, -0.1) is 0 Å². The fraction of sp³-hybridized carbons (Fsp3) is 1.00. The summed E-state index contributed by atoms with van der Waals surface area (Å²) in [6, 6.07) is 0. The molecule has 0 aromatic carbocycles. The van der Waals surface area contributed by atoms with Gasteiger partial charge < -0.3 is 5.11 Å². The summed E-state index contributed by atoms with van der Waals surface area (Å²) in [4.78, 5) is 0. The first-order valence-corrected chi connectivity index (χ1v) is 3.72. The van der Waals surface area contributed by atoms with Gasteiger partial charge in [-0.05, 0) is 13.8 Å². The topological polar surface area (TPSA) is 49.5 Å². The van der Waals surface area contributed by atoms with Crippen LogP contribution in [0.3, 0.4) is 0 Å². The zero-order valence-corrected chi connectivity index (χ0v) is 7.46. The number of aliphatic hydroxyl groups is 1. The number of hydrogen-bond donors (Lipinski definition) is 2. The molecule has 0 atom stereocenters. The third kappa shape index (κ3) is 24.8. The highest BCUT2D eigenvalue weighted by Crippen LogP contribution is 1.68. The average molecular weight is 148 g/mol. The quantitative estimate of drug-likeness (QED) is 0.445. The fourth-order valence-corrected chi connectivity index (χ4v) is 0.224. The van der Waals surface area contributed by atoms with Gasteiger partial charge in [-0.25, -0.2) is 5.01 Å². The van der Waals surface area contributed by atoms with Gasteiger partial charge in [-0.1, -0.05) is 13.8 Å². The molecule has 3 N–H and O–H groups in total. The minimum Gasteiger partial charge on any atom is -0.394 e. The Balaban J connectivity index is 0. The number of aliphatic hydroxyl groups excluding tert-OH is 1. The lowest BCUT2D eigenvalue weighted by Gasteiger charge is -2.07. The Hall–Kier alpha value is -0.120. The summed E-state index contributed by atoms with van der Waals surface area (Å²) in [5.41, 5.74) is 0. The molecule has 0 aliphatic heterocycles. The Kier molecular flexibility index (Phi) is 11.1. The van der Waals surface area contributed by atoms with Crippen molar-refractivity contribution in [2.75, 3.05) is 13.1 Å². The highest BCUT2D eigenvalue weighted by molar-refractivity contribution is 4.32. The maximum absolute atomic E-state index is 8.06. The monoisotopic (exact) mass is 148 g/mol. The minimum absolute atomic E-state index is 0.167. The van der Waals surface area contributed by atoms with Gasteiger partial charge in [-0.3, -0.25) is 5.84 Å². The summed E-state index contributed by atoms with van der Waals surface area (Å²) < 4.78 is 0. The first-order valence-electron chi connectivity index (χ1n) is 3.72. The lowest BCUT2D eigenvalue weighted by molar-refractivity contribution is 0.216. The molecule has 10 heavy (non-hydrogen) atoms. The Labute approximate surface area is 63.8 Å². The standard InChI is InChI=1S/C4H12N2.C3H8O/c1-3-6(5)4-2;1-3(2)4/h3-5H2,1-2H3;3-4H,1-2H3. The van der Waals surface area contributed by atoms with Crippen LogP contribution in [-0.2, 0) is 0 Å². The third-order valence-corrected chi connectivity index (χ3v) is 0.812. The Morgan fingerprint density at radius 3 is 1.50 bits per heavy atom. The van der Waals surface area contributed by atoms with E-state index < -0.39 is 0 Å². The summed E-state index contributed by atoms with van der Waals surface area (Å²) in [5, 5.41) is 9.81. The van der Waals surface area contributed by atoms with E-state index in [-0.39, 0.29) is 6.10 Å². The van der Waals surface area contributed by atoms with E-state index in [9.17, 15) is 0 Å². The molecule has 0 fully saturated rings. The molecule has 3 nitrogen and oxygen atoms in total. The van der Waals surface area contributed by atoms with Crippen LogP contribution in [0.2, 0.25) is 0 Å². The van der Waals surface area contributed by atoms with Crippen molar-refractivity contribution < 1.29 is 5.11 Å². The van der Waals surface area contributed by atoms with Gasteiger partial charge in [-0.2, -0.15) is 0 Å². The van der Waals surface area contributed by atoms with Crippen LogP contribution in [0, 0.1) is 0 Å². The number of nitrogens with zero attached hydrogens (tertiary/aromatic N) is 1. The van der Waals surface area contributed by atoms with Crippen LogP contribution in [0.25, 0.3) is 0 Å². The van der Waals surface area contributed by atoms with Crippen LogP contribution in [0.5, 0.6) is 0 Å². The number of nitrogens with two attached hydrogens (primary N) is 1. The molecular formula is C7H20N2O. The van der Waals surface area contributed by atoms with Gasteiger partial charge in [0.2, 0.25) is 0 Å².